The van der Waals surface area contributed by atoms with Gasteiger partial charge in [-0.2, -0.15) is 0 Å². The number of ether oxygens (including phenoxy) is 3. The van der Waals surface area contributed by atoms with Crippen molar-refractivity contribution < 1.29 is 23.4 Å². The molecule has 0 spiro atoms. The predicted octanol–water partition coefficient (Wildman–Crippen LogP) is 4.76. The number of hydrogen-bond donors (Lipinski definition) is 1. The Morgan fingerprint density at radius 3 is 2.63 bits per heavy atom. The third-order valence-corrected chi connectivity index (χ3v) is 4.79. The molecule has 154 valence electrons. The second kappa shape index (κ2) is 8.51. The SMILES string of the molecule is CCOC(=O)c1ncc2[nH]c3ccc(OCc4ccc(F)cc4)cc3c2c1COC. The lowest BCUT2D eigenvalue weighted by Gasteiger charge is -2.10. The van der Waals surface area contributed by atoms with E-state index in [0.29, 0.717) is 17.9 Å². The molecule has 0 bridgehead atoms. The van der Waals surface area contributed by atoms with Crippen LogP contribution in [0.5, 0.6) is 5.75 Å². The van der Waals surface area contributed by atoms with Crippen LogP contribution in [0.25, 0.3) is 21.8 Å². The molecule has 0 aliphatic carbocycles. The highest BCUT2D eigenvalue weighted by atomic mass is 19.1. The number of nitrogens with one attached hydrogen (secondary N) is 1. The molecule has 0 saturated carbocycles. The fourth-order valence-electron chi connectivity index (χ4n) is 3.44. The molecule has 2 aromatic heterocycles. The van der Waals surface area contributed by atoms with Gasteiger partial charge in [-0.1, -0.05) is 12.1 Å². The molecular formula is C23H21FN2O4. The summed E-state index contributed by atoms with van der Waals surface area (Å²) in [5.74, 6) is -0.106. The zero-order valence-corrected chi connectivity index (χ0v) is 16.7. The van der Waals surface area contributed by atoms with Gasteiger partial charge in [0.1, 0.15) is 18.2 Å². The maximum Gasteiger partial charge on any atom is 0.357 e. The summed E-state index contributed by atoms with van der Waals surface area (Å²) in [4.78, 5) is 20.0. The summed E-state index contributed by atoms with van der Waals surface area (Å²) >= 11 is 0. The van der Waals surface area contributed by atoms with E-state index >= 15 is 0 Å². The topological polar surface area (TPSA) is 73.4 Å². The molecule has 4 rings (SSSR count). The average Bonchev–Trinajstić information content (AvgIpc) is 3.12. The minimum Gasteiger partial charge on any atom is -0.489 e. The van der Waals surface area contributed by atoms with Crippen LogP contribution in [0.4, 0.5) is 4.39 Å². The molecule has 0 atom stereocenters. The number of H-pyrrole nitrogens is 1. The van der Waals surface area contributed by atoms with Crippen molar-refractivity contribution in [3.8, 4) is 5.75 Å². The Morgan fingerprint density at radius 2 is 1.90 bits per heavy atom. The zero-order valence-electron chi connectivity index (χ0n) is 16.7. The van der Waals surface area contributed by atoms with E-state index in [-0.39, 0.29) is 24.7 Å². The van der Waals surface area contributed by atoms with Crippen molar-refractivity contribution in [3.63, 3.8) is 0 Å². The highest BCUT2D eigenvalue weighted by Gasteiger charge is 2.20. The normalized spacial score (nSPS) is 11.2. The third-order valence-electron chi connectivity index (χ3n) is 4.79. The molecule has 0 fully saturated rings. The fourth-order valence-corrected chi connectivity index (χ4v) is 3.44. The van der Waals surface area contributed by atoms with Crippen LogP contribution in [-0.2, 0) is 22.7 Å². The lowest BCUT2D eigenvalue weighted by atomic mass is 10.1. The Balaban J connectivity index is 1.75. The molecule has 0 aliphatic rings. The zero-order chi connectivity index (χ0) is 21.1. The number of benzene rings is 2. The van der Waals surface area contributed by atoms with Gasteiger partial charge in [0.05, 0.1) is 24.9 Å². The molecule has 0 saturated heterocycles. The maximum absolute atomic E-state index is 13.1. The number of fused-ring (bicyclic) bond motifs is 3. The van der Waals surface area contributed by atoms with E-state index in [2.05, 4.69) is 9.97 Å². The fraction of sp³-hybridized carbons (Fsp3) is 0.217. The number of aromatic nitrogens is 2. The number of rotatable bonds is 7. The number of pyridine rings is 1. The first-order valence-electron chi connectivity index (χ1n) is 9.57. The van der Waals surface area contributed by atoms with Gasteiger partial charge in [-0.15, -0.1) is 0 Å². The lowest BCUT2D eigenvalue weighted by Crippen LogP contribution is -2.11. The van der Waals surface area contributed by atoms with Gasteiger partial charge in [-0.25, -0.2) is 14.2 Å². The number of methoxy groups -OCH3 is 1. The smallest absolute Gasteiger partial charge is 0.357 e. The van der Waals surface area contributed by atoms with E-state index in [1.807, 2.05) is 18.2 Å². The molecule has 2 heterocycles. The first-order chi connectivity index (χ1) is 14.6. The Labute approximate surface area is 172 Å². The summed E-state index contributed by atoms with van der Waals surface area (Å²) < 4.78 is 29.5. The van der Waals surface area contributed by atoms with E-state index in [9.17, 15) is 9.18 Å². The number of esters is 1. The van der Waals surface area contributed by atoms with Crippen molar-refractivity contribution in [2.45, 2.75) is 20.1 Å². The summed E-state index contributed by atoms with van der Waals surface area (Å²) in [6, 6.07) is 11.9. The van der Waals surface area contributed by atoms with E-state index < -0.39 is 5.97 Å². The van der Waals surface area contributed by atoms with Crippen molar-refractivity contribution in [3.05, 3.63) is 71.3 Å². The third kappa shape index (κ3) is 3.84. The predicted molar refractivity (Wildman–Crippen MR) is 111 cm³/mol. The second-order valence-corrected chi connectivity index (χ2v) is 6.78. The Hall–Kier alpha value is -3.45. The van der Waals surface area contributed by atoms with Gasteiger partial charge >= 0.3 is 5.97 Å². The molecule has 0 aliphatic heterocycles. The molecule has 0 amide bonds. The molecular weight excluding hydrogens is 387 g/mol. The van der Waals surface area contributed by atoms with Crippen LogP contribution in [0, 0.1) is 5.82 Å². The average molecular weight is 408 g/mol. The van der Waals surface area contributed by atoms with Crippen LogP contribution >= 0.6 is 0 Å². The van der Waals surface area contributed by atoms with Crippen molar-refractivity contribution >= 4 is 27.8 Å². The quantitative estimate of drug-likeness (QED) is 0.447. The standard InChI is InChI=1S/C23H21FN2O4/c1-3-29-23(27)22-18(13-28-2)21-17-10-16(8-9-19(17)26-20(21)11-25-22)30-12-14-4-6-15(24)7-5-14/h4-11,26H,3,12-13H2,1-2H3. The number of halogens is 1. The van der Waals surface area contributed by atoms with Crippen LogP contribution in [0.15, 0.2) is 48.7 Å². The minimum absolute atomic E-state index is 0.214. The van der Waals surface area contributed by atoms with E-state index in [1.54, 1.807) is 32.4 Å². The van der Waals surface area contributed by atoms with Crippen molar-refractivity contribution in [2.75, 3.05) is 13.7 Å². The highest BCUT2D eigenvalue weighted by Crippen LogP contribution is 2.33. The molecule has 4 aromatic rings. The number of carbonyl (C=O) groups excluding carboxylic acids is 1. The van der Waals surface area contributed by atoms with Crippen LogP contribution in [0.1, 0.15) is 28.5 Å². The van der Waals surface area contributed by atoms with Gasteiger partial charge in [-0.05, 0) is 42.8 Å². The summed E-state index contributed by atoms with van der Waals surface area (Å²) in [6.07, 6.45) is 1.62. The summed E-state index contributed by atoms with van der Waals surface area (Å²) in [7, 11) is 1.57. The van der Waals surface area contributed by atoms with Crippen LogP contribution in [-0.4, -0.2) is 29.7 Å². The summed E-state index contributed by atoms with van der Waals surface area (Å²) in [5, 5.41) is 1.73. The molecule has 0 radical (unpaired) electrons. The second-order valence-electron chi connectivity index (χ2n) is 6.78. The summed E-state index contributed by atoms with van der Waals surface area (Å²) in [6.45, 7) is 2.55. The number of nitrogens with zero attached hydrogens (tertiary/aromatic N) is 1. The molecule has 6 nitrogen and oxygen atoms in total. The van der Waals surface area contributed by atoms with Crippen molar-refractivity contribution in [2.24, 2.45) is 0 Å². The van der Waals surface area contributed by atoms with E-state index in [1.165, 1.54) is 12.1 Å². The minimum atomic E-state index is -0.482. The Kier molecular flexibility index (Phi) is 5.63. The van der Waals surface area contributed by atoms with Crippen molar-refractivity contribution in [1.29, 1.82) is 0 Å². The molecule has 1 N–H and O–H groups in total. The number of carbonyl (C=O) groups is 1. The molecule has 7 heteroatoms. The van der Waals surface area contributed by atoms with Crippen LogP contribution < -0.4 is 4.74 Å². The van der Waals surface area contributed by atoms with Gasteiger partial charge in [-0.3, -0.25) is 0 Å². The van der Waals surface area contributed by atoms with Gasteiger partial charge in [0.25, 0.3) is 0 Å². The first-order valence-corrected chi connectivity index (χ1v) is 9.57. The monoisotopic (exact) mass is 408 g/mol. The largest absolute Gasteiger partial charge is 0.489 e. The van der Waals surface area contributed by atoms with Gasteiger partial charge in [0.15, 0.2) is 5.69 Å². The molecule has 30 heavy (non-hydrogen) atoms. The highest BCUT2D eigenvalue weighted by molar-refractivity contribution is 6.11. The Bertz CT molecular complexity index is 1200. The van der Waals surface area contributed by atoms with Gasteiger partial charge in [0.2, 0.25) is 0 Å². The number of hydrogen-bond acceptors (Lipinski definition) is 5. The summed E-state index contributed by atoms with van der Waals surface area (Å²) in [5.41, 5.74) is 3.45. The first kappa shape index (κ1) is 19.8. The van der Waals surface area contributed by atoms with Crippen molar-refractivity contribution in [1.82, 2.24) is 9.97 Å². The molecule has 0 unspecified atom stereocenters. The lowest BCUT2D eigenvalue weighted by molar-refractivity contribution is 0.0514. The number of aromatic amines is 1. The molecule has 2 aromatic carbocycles. The van der Waals surface area contributed by atoms with E-state index in [4.69, 9.17) is 14.2 Å². The van der Waals surface area contributed by atoms with Crippen LogP contribution in [0.2, 0.25) is 0 Å². The van der Waals surface area contributed by atoms with Gasteiger partial charge in [0, 0.05) is 29.0 Å². The Morgan fingerprint density at radius 1 is 1.10 bits per heavy atom. The van der Waals surface area contributed by atoms with E-state index in [0.717, 1.165) is 27.4 Å². The van der Waals surface area contributed by atoms with Gasteiger partial charge < -0.3 is 19.2 Å². The van der Waals surface area contributed by atoms with Crippen LogP contribution in [0.3, 0.4) is 0 Å². The maximum atomic E-state index is 13.1.